The molecule has 40 heavy (non-hydrogen) atoms. The van der Waals surface area contributed by atoms with Gasteiger partial charge in [-0.25, -0.2) is 23.4 Å². The third-order valence-corrected chi connectivity index (χ3v) is 10.9. The standard InChI is InChI=1S/C26H30F3N7O3S/c1-15-12-35(23(37)25(5)6-7-40(25,38)39)16(2)11-34(15)21-20-22(33-14-32-21)36(13-24(20,3)4)17-8-18(26(27,28)29)19(9-30)31-10-17/h8,10,14-16H,6-7,11-13H2,1-5H3/t15-,16+,25+/m0/s1. The van der Waals surface area contributed by atoms with Crippen LogP contribution in [0.3, 0.4) is 0 Å². The van der Waals surface area contributed by atoms with Crippen molar-refractivity contribution in [2.24, 2.45) is 0 Å². The van der Waals surface area contributed by atoms with Crippen LogP contribution in [0.2, 0.25) is 0 Å². The van der Waals surface area contributed by atoms with Crippen LogP contribution in [0.1, 0.15) is 57.9 Å². The Morgan fingerprint density at radius 3 is 2.35 bits per heavy atom. The normalized spacial score (nSPS) is 27.1. The smallest absolute Gasteiger partial charge is 0.350 e. The highest BCUT2D eigenvalue weighted by molar-refractivity contribution is 7.95. The fraction of sp³-hybridized carbons (Fsp3) is 0.577. The van der Waals surface area contributed by atoms with E-state index in [9.17, 15) is 26.4 Å². The van der Waals surface area contributed by atoms with Crippen LogP contribution in [0.15, 0.2) is 18.6 Å². The molecule has 3 aliphatic heterocycles. The summed E-state index contributed by atoms with van der Waals surface area (Å²) in [6, 6.07) is 1.90. The number of aromatic nitrogens is 3. The summed E-state index contributed by atoms with van der Waals surface area (Å²) >= 11 is 0. The van der Waals surface area contributed by atoms with Crippen LogP contribution in [0, 0.1) is 11.3 Å². The highest BCUT2D eigenvalue weighted by Crippen LogP contribution is 2.48. The van der Waals surface area contributed by atoms with E-state index in [4.69, 9.17) is 5.26 Å². The lowest BCUT2D eigenvalue weighted by atomic mass is 9.87. The minimum absolute atomic E-state index is 0.0109. The Kier molecular flexibility index (Phi) is 6.33. The zero-order valence-corrected chi connectivity index (χ0v) is 23.6. The number of carbonyl (C=O) groups is 1. The summed E-state index contributed by atoms with van der Waals surface area (Å²) in [6.07, 6.45) is -1.84. The number of sulfone groups is 1. The molecule has 2 aromatic heterocycles. The van der Waals surface area contributed by atoms with Crippen molar-refractivity contribution in [3.8, 4) is 6.07 Å². The number of nitriles is 1. The van der Waals surface area contributed by atoms with E-state index in [0.29, 0.717) is 37.7 Å². The molecule has 5 heterocycles. The molecule has 214 valence electrons. The second-order valence-corrected chi connectivity index (χ2v) is 14.2. The molecule has 0 aromatic carbocycles. The van der Waals surface area contributed by atoms with Crippen LogP contribution < -0.4 is 9.80 Å². The fourth-order valence-corrected chi connectivity index (χ4v) is 7.42. The number of carbonyl (C=O) groups excluding carboxylic acids is 1. The molecule has 3 aliphatic rings. The lowest BCUT2D eigenvalue weighted by Crippen LogP contribution is -2.66. The molecule has 2 fully saturated rings. The molecule has 10 nitrogen and oxygen atoms in total. The van der Waals surface area contributed by atoms with Gasteiger partial charge in [0.2, 0.25) is 5.91 Å². The number of fused-ring (bicyclic) bond motifs is 1. The van der Waals surface area contributed by atoms with Crippen LogP contribution in [-0.2, 0) is 26.2 Å². The van der Waals surface area contributed by atoms with E-state index < -0.39 is 37.4 Å². The maximum absolute atomic E-state index is 13.7. The van der Waals surface area contributed by atoms with E-state index >= 15 is 0 Å². The van der Waals surface area contributed by atoms with Crippen molar-refractivity contribution in [3.05, 3.63) is 35.4 Å². The number of hydrogen-bond donors (Lipinski definition) is 0. The Balaban J connectivity index is 1.49. The van der Waals surface area contributed by atoms with Crippen molar-refractivity contribution in [2.45, 2.75) is 69.5 Å². The zero-order valence-electron chi connectivity index (χ0n) is 22.8. The molecule has 14 heteroatoms. The van der Waals surface area contributed by atoms with Crippen LogP contribution in [0.25, 0.3) is 0 Å². The number of hydrogen-bond acceptors (Lipinski definition) is 9. The lowest BCUT2D eigenvalue weighted by molar-refractivity contribution is -0.138. The second kappa shape index (κ2) is 9.02. The fourth-order valence-electron chi connectivity index (χ4n) is 5.89. The first-order chi connectivity index (χ1) is 18.5. The molecule has 2 saturated heterocycles. The average molecular weight is 578 g/mol. The van der Waals surface area contributed by atoms with Gasteiger partial charge in [-0.1, -0.05) is 13.8 Å². The first-order valence-corrected chi connectivity index (χ1v) is 14.6. The van der Waals surface area contributed by atoms with Crippen molar-refractivity contribution >= 4 is 33.1 Å². The minimum Gasteiger partial charge on any atom is -0.350 e. The molecule has 1 amide bonds. The van der Waals surface area contributed by atoms with Gasteiger partial charge in [-0.05, 0) is 33.3 Å². The van der Waals surface area contributed by atoms with Crippen LogP contribution >= 0.6 is 0 Å². The number of piperazine rings is 1. The Morgan fingerprint density at radius 1 is 1.10 bits per heavy atom. The van der Waals surface area contributed by atoms with Gasteiger partial charge in [-0.15, -0.1) is 0 Å². The quantitative estimate of drug-likeness (QED) is 0.541. The molecule has 0 radical (unpaired) electrons. The van der Waals surface area contributed by atoms with E-state index in [1.54, 1.807) is 9.80 Å². The molecule has 5 rings (SSSR count). The van der Waals surface area contributed by atoms with E-state index in [1.807, 2.05) is 27.7 Å². The van der Waals surface area contributed by atoms with E-state index in [-0.39, 0.29) is 29.4 Å². The number of pyridine rings is 1. The third kappa shape index (κ3) is 4.17. The van der Waals surface area contributed by atoms with Gasteiger partial charge in [0.25, 0.3) is 0 Å². The Hall–Kier alpha value is -3.47. The summed E-state index contributed by atoms with van der Waals surface area (Å²) in [7, 11) is -3.47. The number of amides is 1. The zero-order chi connectivity index (χ0) is 29.4. The number of alkyl halides is 3. The first-order valence-electron chi connectivity index (χ1n) is 12.9. The van der Waals surface area contributed by atoms with E-state index in [0.717, 1.165) is 11.6 Å². The summed E-state index contributed by atoms with van der Waals surface area (Å²) < 4.78 is 64.4. The van der Waals surface area contributed by atoms with E-state index in [2.05, 4.69) is 19.9 Å². The van der Waals surface area contributed by atoms with Crippen molar-refractivity contribution in [1.29, 1.82) is 5.26 Å². The van der Waals surface area contributed by atoms with Gasteiger partial charge in [0.05, 0.1) is 23.2 Å². The molecule has 0 aliphatic carbocycles. The topological polar surface area (TPSA) is 123 Å². The van der Waals surface area contributed by atoms with E-state index in [1.165, 1.54) is 25.5 Å². The predicted octanol–water partition coefficient (Wildman–Crippen LogP) is 3.19. The lowest BCUT2D eigenvalue weighted by Gasteiger charge is -2.49. The Labute approximate surface area is 230 Å². The van der Waals surface area contributed by atoms with Gasteiger partial charge in [0.15, 0.2) is 15.5 Å². The summed E-state index contributed by atoms with van der Waals surface area (Å²) in [5.74, 6) is 0.688. The minimum atomic E-state index is -4.75. The van der Waals surface area contributed by atoms with Gasteiger partial charge in [-0.2, -0.15) is 18.4 Å². The molecule has 0 spiro atoms. The molecule has 0 N–H and O–H groups in total. The highest BCUT2D eigenvalue weighted by atomic mass is 32.2. The molecule has 3 atom stereocenters. The molecular weight excluding hydrogens is 547 g/mol. The summed E-state index contributed by atoms with van der Waals surface area (Å²) in [4.78, 5) is 31.5. The van der Waals surface area contributed by atoms with Crippen molar-refractivity contribution in [1.82, 2.24) is 19.9 Å². The second-order valence-electron chi connectivity index (χ2n) is 11.7. The van der Waals surface area contributed by atoms with Gasteiger partial charge >= 0.3 is 6.18 Å². The maximum Gasteiger partial charge on any atom is 0.419 e. The Bertz CT molecular complexity index is 1540. The van der Waals surface area contributed by atoms with Gasteiger partial charge in [0, 0.05) is 42.7 Å². The third-order valence-electron chi connectivity index (χ3n) is 8.39. The van der Waals surface area contributed by atoms with Gasteiger partial charge in [0.1, 0.15) is 28.8 Å². The van der Waals surface area contributed by atoms with Gasteiger partial charge < -0.3 is 14.7 Å². The number of anilines is 3. The molecule has 0 unspecified atom stereocenters. The van der Waals surface area contributed by atoms with Crippen molar-refractivity contribution in [2.75, 3.05) is 35.2 Å². The number of nitrogens with zero attached hydrogens (tertiary/aromatic N) is 7. The summed E-state index contributed by atoms with van der Waals surface area (Å²) in [6.45, 7) is 10.2. The summed E-state index contributed by atoms with van der Waals surface area (Å²) in [5, 5.41) is 9.14. The monoisotopic (exact) mass is 577 g/mol. The maximum atomic E-state index is 13.7. The highest BCUT2D eigenvalue weighted by Gasteiger charge is 2.57. The Morgan fingerprint density at radius 2 is 1.77 bits per heavy atom. The molecule has 0 bridgehead atoms. The summed E-state index contributed by atoms with van der Waals surface area (Å²) in [5.41, 5.74) is -1.47. The first kappa shape index (κ1) is 28.1. The predicted molar refractivity (Wildman–Crippen MR) is 141 cm³/mol. The SMILES string of the molecule is C[C@@H]1CN(c2ncnc3c2C(C)(C)CN3c2cnc(C#N)c(C(F)(F)F)c2)[C@@H](C)CN1C(=O)[C@@]1(C)CCS1(=O)=O. The molecule has 2 aromatic rings. The van der Waals surface area contributed by atoms with Gasteiger partial charge in [-0.3, -0.25) is 4.79 Å². The number of rotatable bonds is 3. The molecular formula is C26H30F3N7O3S. The molecule has 0 saturated carbocycles. The largest absolute Gasteiger partial charge is 0.419 e. The van der Waals surface area contributed by atoms with Crippen molar-refractivity contribution < 1.29 is 26.4 Å². The van der Waals surface area contributed by atoms with Crippen LogP contribution in [0.5, 0.6) is 0 Å². The van der Waals surface area contributed by atoms with Crippen molar-refractivity contribution in [3.63, 3.8) is 0 Å². The van der Waals surface area contributed by atoms with Crippen LogP contribution in [0.4, 0.5) is 30.5 Å². The number of halogens is 3. The average Bonchev–Trinajstić information content (AvgIpc) is 3.18. The van der Waals surface area contributed by atoms with Crippen LogP contribution in [-0.4, -0.2) is 76.4 Å².